The lowest BCUT2D eigenvalue weighted by molar-refractivity contribution is 0.482. The van der Waals surface area contributed by atoms with Gasteiger partial charge in [-0.2, -0.15) is 0 Å². The Kier molecular flexibility index (Phi) is 3.76. The lowest BCUT2D eigenvalue weighted by atomic mass is 10.3. The summed E-state index contributed by atoms with van der Waals surface area (Å²) in [6, 6.07) is 13.4. The van der Waals surface area contributed by atoms with Crippen molar-refractivity contribution in [3.63, 3.8) is 0 Å². The number of hydrogen-bond acceptors (Lipinski definition) is 4. The second-order valence-electron chi connectivity index (χ2n) is 4.05. The molecule has 19 heavy (non-hydrogen) atoms. The molecule has 0 aliphatic heterocycles. The van der Waals surface area contributed by atoms with Crippen molar-refractivity contribution < 1.29 is 13.2 Å². The molecule has 0 heterocycles. The largest absolute Gasteiger partial charge is 0.457 e. The van der Waals surface area contributed by atoms with Gasteiger partial charge in [0, 0.05) is 5.69 Å². The van der Waals surface area contributed by atoms with Crippen LogP contribution in [0.1, 0.15) is 6.92 Å². The Morgan fingerprint density at radius 3 is 1.89 bits per heavy atom. The third-order valence-electron chi connectivity index (χ3n) is 2.68. The zero-order chi connectivity index (χ0) is 13.9. The molecule has 0 saturated carbocycles. The number of benzene rings is 2. The first kappa shape index (κ1) is 13.4. The maximum atomic E-state index is 11.7. The van der Waals surface area contributed by atoms with E-state index < -0.39 is 9.84 Å². The van der Waals surface area contributed by atoms with E-state index in [1.54, 1.807) is 55.5 Å². The summed E-state index contributed by atoms with van der Waals surface area (Å²) >= 11 is 0. The predicted octanol–water partition coefficient (Wildman–Crippen LogP) is 2.85. The first-order chi connectivity index (χ1) is 9.01. The van der Waals surface area contributed by atoms with Crippen LogP contribution in [0.5, 0.6) is 11.5 Å². The van der Waals surface area contributed by atoms with E-state index >= 15 is 0 Å². The van der Waals surface area contributed by atoms with E-state index in [-0.39, 0.29) is 5.75 Å². The van der Waals surface area contributed by atoms with Crippen LogP contribution in [0.3, 0.4) is 0 Å². The van der Waals surface area contributed by atoms with Crippen LogP contribution in [0.15, 0.2) is 53.4 Å². The standard InChI is InChI=1S/C14H15NO3S/c1-2-19(16,17)14-9-7-13(8-10-14)18-12-5-3-11(15)4-6-12/h3-10H,2,15H2,1H3. The van der Waals surface area contributed by atoms with E-state index in [1.165, 1.54) is 0 Å². The van der Waals surface area contributed by atoms with Gasteiger partial charge in [-0.3, -0.25) is 0 Å². The first-order valence-electron chi connectivity index (χ1n) is 5.87. The highest BCUT2D eigenvalue weighted by molar-refractivity contribution is 7.91. The van der Waals surface area contributed by atoms with Gasteiger partial charge in [0.05, 0.1) is 10.6 Å². The van der Waals surface area contributed by atoms with Gasteiger partial charge in [0.2, 0.25) is 0 Å². The molecule has 2 N–H and O–H groups in total. The van der Waals surface area contributed by atoms with Crippen molar-refractivity contribution in [2.24, 2.45) is 0 Å². The fourth-order valence-electron chi connectivity index (χ4n) is 1.55. The van der Waals surface area contributed by atoms with Gasteiger partial charge in [-0.15, -0.1) is 0 Å². The van der Waals surface area contributed by atoms with Gasteiger partial charge in [-0.25, -0.2) is 8.42 Å². The van der Waals surface area contributed by atoms with Crippen LogP contribution in [-0.4, -0.2) is 14.2 Å². The predicted molar refractivity (Wildman–Crippen MR) is 75.1 cm³/mol. The van der Waals surface area contributed by atoms with Gasteiger partial charge in [-0.1, -0.05) is 6.92 Å². The summed E-state index contributed by atoms with van der Waals surface area (Å²) in [6.45, 7) is 1.62. The first-order valence-corrected chi connectivity index (χ1v) is 7.53. The molecule has 0 aromatic heterocycles. The molecule has 2 aromatic carbocycles. The Labute approximate surface area is 112 Å². The van der Waals surface area contributed by atoms with E-state index in [9.17, 15) is 8.42 Å². The van der Waals surface area contributed by atoms with Crippen molar-refractivity contribution in [1.82, 2.24) is 0 Å². The summed E-state index contributed by atoms with van der Waals surface area (Å²) in [5.74, 6) is 1.32. The minimum atomic E-state index is -3.17. The van der Waals surface area contributed by atoms with Crippen LogP contribution in [0.25, 0.3) is 0 Å². The third-order valence-corrected chi connectivity index (χ3v) is 4.43. The van der Waals surface area contributed by atoms with Gasteiger partial charge in [0.1, 0.15) is 11.5 Å². The Morgan fingerprint density at radius 2 is 1.42 bits per heavy atom. The highest BCUT2D eigenvalue weighted by atomic mass is 32.2. The Hall–Kier alpha value is -2.01. The molecular formula is C14H15NO3S. The molecule has 0 saturated heterocycles. The zero-order valence-electron chi connectivity index (χ0n) is 10.5. The molecule has 0 spiro atoms. The summed E-state index contributed by atoms with van der Waals surface area (Å²) in [6.07, 6.45) is 0. The number of ether oxygens (including phenoxy) is 1. The van der Waals surface area contributed by atoms with Crippen molar-refractivity contribution in [1.29, 1.82) is 0 Å². The number of nitrogens with two attached hydrogens (primary N) is 1. The minimum absolute atomic E-state index is 0.0885. The van der Waals surface area contributed by atoms with Gasteiger partial charge < -0.3 is 10.5 Å². The molecule has 4 nitrogen and oxygen atoms in total. The van der Waals surface area contributed by atoms with Crippen LogP contribution in [0.4, 0.5) is 5.69 Å². The van der Waals surface area contributed by atoms with E-state index in [0.717, 1.165) is 0 Å². The van der Waals surface area contributed by atoms with Crippen LogP contribution in [0, 0.1) is 0 Å². The summed E-state index contributed by atoms with van der Waals surface area (Å²) in [5.41, 5.74) is 6.24. The minimum Gasteiger partial charge on any atom is -0.457 e. The number of nitrogen functional groups attached to an aromatic ring is 1. The van der Waals surface area contributed by atoms with E-state index in [1.807, 2.05) is 0 Å². The number of hydrogen-bond donors (Lipinski definition) is 1. The van der Waals surface area contributed by atoms with Gasteiger partial charge in [-0.05, 0) is 48.5 Å². The van der Waals surface area contributed by atoms with Crippen molar-refractivity contribution >= 4 is 15.5 Å². The van der Waals surface area contributed by atoms with Crippen LogP contribution in [-0.2, 0) is 9.84 Å². The molecular weight excluding hydrogens is 262 g/mol. The molecule has 0 aliphatic carbocycles. The van der Waals surface area contributed by atoms with Crippen molar-refractivity contribution in [2.75, 3.05) is 11.5 Å². The molecule has 0 aliphatic rings. The van der Waals surface area contributed by atoms with Crippen LogP contribution >= 0.6 is 0 Å². The molecule has 100 valence electrons. The SMILES string of the molecule is CCS(=O)(=O)c1ccc(Oc2ccc(N)cc2)cc1. The fraction of sp³-hybridized carbons (Fsp3) is 0.143. The van der Waals surface area contributed by atoms with Crippen LogP contribution < -0.4 is 10.5 Å². The van der Waals surface area contributed by atoms with Crippen LogP contribution in [0.2, 0.25) is 0 Å². The Morgan fingerprint density at radius 1 is 0.947 bits per heavy atom. The molecule has 0 unspecified atom stereocenters. The second kappa shape index (κ2) is 5.32. The van der Waals surface area contributed by atoms with E-state index in [0.29, 0.717) is 22.1 Å². The van der Waals surface area contributed by atoms with E-state index in [4.69, 9.17) is 10.5 Å². The van der Waals surface area contributed by atoms with Gasteiger partial charge in [0.15, 0.2) is 9.84 Å². The number of anilines is 1. The lowest BCUT2D eigenvalue weighted by Gasteiger charge is -2.07. The summed E-state index contributed by atoms with van der Waals surface area (Å²) in [5, 5.41) is 0. The summed E-state index contributed by atoms with van der Waals surface area (Å²) < 4.78 is 28.9. The molecule has 5 heteroatoms. The Balaban J connectivity index is 2.17. The topological polar surface area (TPSA) is 69.4 Å². The molecule has 0 atom stereocenters. The third kappa shape index (κ3) is 3.26. The number of sulfone groups is 1. The number of rotatable bonds is 4. The average molecular weight is 277 g/mol. The molecule has 0 bridgehead atoms. The molecule has 0 fully saturated rings. The van der Waals surface area contributed by atoms with Crippen molar-refractivity contribution in [3.05, 3.63) is 48.5 Å². The quantitative estimate of drug-likeness (QED) is 0.872. The molecule has 2 rings (SSSR count). The molecule has 0 radical (unpaired) electrons. The van der Waals surface area contributed by atoms with Crippen molar-refractivity contribution in [2.45, 2.75) is 11.8 Å². The molecule has 2 aromatic rings. The summed E-state index contributed by atoms with van der Waals surface area (Å²) in [7, 11) is -3.17. The highest BCUT2D eigenvalue weighted by Crippen LogP contribution is 2.23. The average Bonchev–Trinajstić information content (AvgIpc) is 2.42. The maximum absolute atomic E-state index is 11.7. The highest BCUT2D eigenvalue weighted by Gasteiger charge is 2.10. The normalized spacial score (nSPS) is 11.2. The maximum Gasteiger partial charge on any atom is 0.178 e. The van der Waals surface area contributed by atoms with Gasteiger partial charge >= 0.3 is 0 Å². The second-order valence-corrected chi connectivity index (χ2v) is 6.32. The monoisotopic (exact) mass is 277 g/mol. The molecule has 0 amide bonds. The smallest absolute Gasteiger partial charge is 0.178 e. The lowest BCUT2D eigenvalue weighted by Crippen LogP contribution is -2.03. The summed E-state index contributed by atoms with van der Waals surface area (Å²) in [4.78, 5) is 0.305. The zero-order valence-corrected chi connectivity index (χ0v) is 11.4. The fourth-order valence-corrected chi connectivity index (χ4v) is 2.44. The van der Waals surface area contributed by atoms with Gasteiger partial charge in [0.25, 0.3) is 0 Å². The van der Waals surface area contributed by atoms with E-state index in [2.05, 4.69) is 0 Å². The Bertz CT molecular complexity index is 646. The van der Waals surface area contributed by atoms with Crippen molar-refractivity contribution in [3.8, 4) is 11.5 Å².